The fourth-order valence-electron chi connectivity index (χ4n) is 2.24. The molecule has 0 spiro atoms. The van der Waals surface area contributed by atoms with Crippen LogP contribution in [-0.4, -0.2) is 27.3 Å². The standard InChI is InChI=1S/C12H17NO2S/c1-4-10-6-5-7-11-12(10)13(3)9(2)8-16(11,14)15/h5-7,9H,4,8H2,1-3H3. The molecule has 0 bridgehead atoms. The van der Waals surface area contributed by atoms with E-state index in [2.05, 4.69) is 11.8 Å². The topological polar surface area (TPSA) is 37.4 Å². The largest absolute Gasteiger partial charge is 0.370 e. The molecule has 88 valence electrons. The van der Waals surface area contributed by atoms with Crippen molar-refractivity contribution in [2.45, 2.75) is 31.2 Å². The van der Waals surface area contributed by atoms with Gasteiger partial charge >= 0.3 is 0 Å². The molecule has 0 radical (unpaired) electrons. The number of benzene rings is 1. The SMILES string of the molecule is CCc1cccc2c1N(C)C(C)CS2(=O)=O. The molecule has 0 amide bonds. The molecule has 1 atom stereocenters. The summed E-state index contributed by atoms with van der Waals surface area (Å²) in [5.41, 5.74) is 2.00. The molecule has 4 heteroatoms. The van der Waals surface area contributed by atoms with Crippen LogP contribution in [0.2, 0.25) is 0 Å². The molecule has 0 N–H and O–H groups in total. The summed E-state index contributed by atoms with van der Waals surface area (Å²) in [6, 6.07) is 5.60. The quantitative estimate of drug-likeness (QED) is 0.750. The first-order valence-corrected chi connectivity index (χ1v) is 7.20. The Kier molecular flexibility index (Phi) is 2.70. The minimum absolute atomic E-state index is 0.0465. The Labute approximate surface area is 97.0 Å². The van der Waals surface area contributed by atoms with Crippen molar-refractivity contribution in [2.24, 2.45) is 0 Å². The van der Waals surface area contributed by atoms with Gasteiger partial charge in [0.1, 0.15) is 0 Å². The smallest absolute Gasteiger partial charge is 0.182 e. The lowest BCUT2D eigenvalue weighted by atomic mass is 10.1. The zero-order valence-electron chi connectivity index (χ0n) is 9.90. The molecule has 1 aliphatic heterocycles. The van der Waals surface area contributed by atoms with Gasteiger partial charge in [0.15, 0.2) is 9.84 Å². The Balaban J connectivity index is 2.73. The van der Waals surface area contributed by atoms with E-state index >= 15 is 0 Å². The van der Waals surface area contributed by atoms with Gasteiger partial charge in [-0.25, -0.2) is 8.42 Å². The van der Waals surface area contributed by atoms with Crippen LogP contribution in [-0.2, 0) is 16.3 Å². The van der Waals surface area contributed by atoms with Gasteiger partial charge in [0.25, 0.3) is 0 Å². The van der Waals surface area contributed by atoms with Gasteiger partial charge in [-0.05, 0) is 25.0 Å². The Morgan fingerprint density at radius 1 is 1.44 bits per heavy atom. The van der Waals surface area contributed by atoms with Gasteiger partial charge in [0.2, 0.25) is 0 Å². The summed E-state index contributed by atoms with van der Waals surface area (Å²) in [5.74, 6) is 0.212. The number of aryl methyl sites for hydroxylation is 1. The summed E-state index contributed by atoms with van der Waals surface area (Å²) in [7, 11) is -1.13. The first kappa shape index (κ1) is 11.5. The van der Waals surface area contributed by atoms with E-state index in [1.54, 1.807) is 6.07 Å². The number of hydrogen-bond donors (Lipinski definition) is 0. The molecule has 1 aromatic rings. The van der Waals surface area contributed by atoms with E-state index in [0.29, 0.717) is 4.90 Å². The normalized spacial score (nSPS) is 22.9. The third-order valence-electron chi connectivity index (χ3n) is 3.27. The van der Waals surface area contributed by atoms with Gasteiger partial charge in [-0.15, -0.1) is 0 Å². The van der Waals surface area contributed by atoms with Crippen LogP contribution >= 0.6 is 0 Å². The van der Waals surface area contributed by atoms with E-state index in [4.69, 9.17) is 0 Å². The van der Waals surface area contributed by atoms with Crippen LogP contribution in [0.15, 0.2) is 23.1 Å². The van der Waals surface area contributed by atoms with E-state index in [1.807, 2.05) is 26.1 Å². The first-order chi connectivity index (χ1) is 7.47. The fraction of sp³-hybridized carbons (Fsp3) is 0.500. The molecule has 1 unspecified atom stereocenters. The summed E-state index contributed by atoms with van der Waals surface area (Å²) in [5, 5.41) is 0. The molecule has 0 aromatic heterocycles. The molecular formula is C12H17NO2S. The summed E-state index contributed by atoms with van der Waals surface area (Å²) < 4.78 is 24.1. The first-order valence-electron chi connectivity index (χ1n) is 5.55. The Hall–Kier alpha value is -1.03. The van der Waals surface area contributed by atoms with Crippen molar-refractivity contribution in [3.05, 3.63) is 23.8 Å². The minimum atomic E-state index is -3.10. The predicted molar refractivity (Wildman–Crippen MR) is 65.7 cm³/mol. The second-order valence-electron chi connectivity index (χ2n) is 4.36. The lowest BCUT2D eigenvalue weighted by molar-refractivity contribution is 0.579. The van der Waals surface area contributed by atoms with Gasteiger partial charge in [-0.2, -0.15) is 0 Å². The van der Waals surface area contributed by atoms with Crippen LogP contribution in [0.1, 0.15) is 19.4 Å². The van der Waals surface area contributed by atoms with Gasteiger partial charge in [0, 0.05) is 13.1 Å². The number of fused-ring (bicyclic) bond motifs is 1. The van der Waals surface area contributed by atoms with Crippen LogP contribution in [0.5, 0.6) is 0 Å². The molecule has 1 aromatic carbocycles. The minimum Gasteiger partial charge on any atom is -0.370 e. The van der Waals surface area contributed by atoms with E-state index in [0.717, 1.165) is 17.7 Å². The van der Waals surface area contributed by atoms with E-state index < -0.39 is 9.84 Å². The second-order valence-corrected chi connectivity index (χ2v) is 6.36. The van der Waals surface area contributed by atoms with E-state index in [-0.39, 0.29) is 11.8 Å². The number of sulfone groups is 1. The third-order valence-corrected chi connectivity index (χ3v) is 5.19. The summed E-state index contributed by atoms with van der Waals surface area (Å²) >= 11 is 0. The van der Waals surface area contributed by atoms with E-state index in [9.17, 15) is 8.42 Å². The predicted octanol–water partition coefficient (Wildman–Crippen LogP) is 1.86. The molecule has 0 saturated heterocycles. The summed E-state index contributed by atoms with van der Waals surface area (Å²) in [6.07, 6.45) is 0.857. The Morgan fingerprint density at radius 2 is 2.12 bits per heavy atom. The fourth-order valence-corrected chi connectivity index (χ4v) is 4.14. The zero-order valence-corrected chi connectivity index (χ0v) is 10.7. The van der Waals surface area contributed by atoms with Crippen molar-refractivity contribution in [3.63, 3.8) is 0 Å². The molecule has 1 aliphatic rings. The van der Waals surface area contributed by atoms with Gasteiger partial charge in [-0.3, -0.25) is 0 Å². The van der Waals surface area contributed by atoms with Crippen LogP contribution in [0, 0.1) is 0 Å². The highest BCUT2D eigenvalue weighted by molar-refractivity contribution is 7.91. The average molecular weight is 239 g/mol. The van der Waals surface area contributed by atoms with Crippen LogP contribution in [0.4, 0.5) is 5.69 Å². The lowest BCUT2D eigenvalue weighted by Gasteiger charge is -2.35. The number of para-hydroxylation sites is 1. The Morgan fingerprint density at radius 3 is 2.75 bits per heavy atom. The zero-order chi connectivity index (χ0) is 11.9. The van der Waals surface area contributed by atoms with Crippen LogP contribution < -0.4 is 4.90 Å². The number of anilines is 1. The molecule has 2 rings (SSSR count). The number of rotatable bonds is 1. The number of hydrogen-bond acceptors (Lipinski definition) is 3. The molecule has 0 fully saturated rings. The maximum Gasteiger partial charge on any atom is 0.182 e. The van der Waals surface area contributed by atoms with Crippen molar-refractivity contribution in [1.29, 1.82) is 0 Å². The van der Waals surface area contributed by atoms with Gasteiger partial charge < -0.3 is 4.90 Å². The summed E-state index contributed by atoms with van der Waals surface area (Å²) in [4.78, 5) is 2.57. The number of nitrogens with zero attached hydrogens (tertiary/aromatic N) is 1. The third kappa shape index (κ3) is 1.61. The molecule has 0 aliphatic carbocycles. The Bertz CT molecular complexity index is 508. The lowest BCUT2D eigenvalue weighted by Crippen LogP contribution is -2.40. The highest BCUT2D eigenvalue weighted by Crippen LogP contribution is 2.35. The van der Waals surface area contributed by atoms with Crippen molar-refractivity contribution in [1.82, 2.24) is 0 Å². The van der Waals surface area contributed by atoms with E-state index in [1.165, 1.54) is 0 Å². The molecule has 1 heterocycles. The molecule has 3 nitrogen and oxygen atoms in total. The van der Waals surface area contributed by atoms with Crippen LogP contribution in [0.3, 0.4) is 0 Å². The van der Waals surface area contributed by atoms with Crippen molar-refractivity contribution >= 4 is 15.5 Å². The van der Waals surface area contributed by atoms with Gasteiger partial charge in [0.05, 0.1) is 16.3 Å². The highest BCUT2D eigenvalue weighted by Gasteiger charge is 2.32. The van der Waals surface area contributed by atoms with Crippen molar-refractivity contribution in [3.8, 4) is 0 Å². The summed E-state index contributed by atoms with van der Waals surface area (Å²) in [6.45, 7) is 4.00. The molecule has 16 heavy (non-hydrogen) atoms. The average Bonchev–Trinajstić information content (AvgIpc) is 2.24. The molecular weight excluding hydrogens is 222 g/mol. The highest BCUT2D eigenvalue weighted by atomic mass is 32.2. The maximum absolute atomic E-state index is 12.1. The van der Waals surface area contributed by atoms with Gasteiger partial charge in [-0.1, -0.05) is 19.1 Å². The second kappa shape index (κ2) is 3.77. The monoisotopic (exact) mass is 239 g/mol. The maximum atomic E-state index is 12.1. The van der Waals surface area contributed by atoms with Crippen molar-refractivity contribution < 1.29 is 8.42 Å². The van der Waals surface area contributed by atoms with Crippen LogP contribution in [0.25, 0.3) is 0 Å². The van der Waals surface area contributed by atoms with Crippen molar-refractivity contribution in [2.75, 3.05) is 17.7 Å². The molecule has 0 saturated carbocycles.